The maximum atomic E-state index is 12.1. The highest BCUT2D eigenvalue weighted by Gasteiger charge is 2.13. The molecule has 1 aromatic carbocycles. The van der Waals surface area contributed by atoms with E-state index in [1.54, 1.807) is 0 Å². The number of carbonyl (C=O) groups excluding carboxylic acids is 1. The van der Waals surface area contributed by atoms with Crippen LogP contribution in [0.2, 0.25) is 0 Å². The molecule has 0 unspecified atom stereocenters. The van der Waals surface area contributed by atoms with Crippen LogP contribution >= 0.6 is 0 Å². The number of benzene rings is 1. The minimum atomic E-state index is 0.246. The van der Waals surface area contributed by atoms with E-state index in [9.17, 15) is 4.79 Å². The van der Waals surface area contributed by atoms with Gasteiger partial charge in [-0.15, -0.1) is 0 Å². The third-order valence-electron chi connectivity index (χ3n) is 3.88. The Morgan fingerprint density at radius 1 is 1.11 bits per heavy atom. The quantitative estimate of drug-likeness (QED) is 0.798. The van der Waals surface area contributed by atoms with Crippen molar-refractivity contribution in [1.29, 1.82) is 0 Å². The second-order valence-corrected chi connectivity index (χ2v) is 5.05. The number of rotatable bonds is 4. The highest BCUT2D eigenvalue weighted by molar-refractivity contribution is 5.78. The molecule has 98 valence electrons. The molecule has 1 aliphatic rings. The molecule has 0 radical (unpaired) electrons. The number of hydrogen-bond acceptors (Lipinski definition) is 1. The number of likely N-dealkylation sites (N-methyl/N-ethyl adjacent to an activating group) is 1. The second-order valence-electron chi connectivity index (χ2n) is 5.05. The summed E-state index contributed by atoms with van der Waals surface area (Å²) in [4.78, 5) is 14.0. The van der Waals surface area contributed by atoms with Crippen molar-refractivity contribution >= 4 is 5.91 Å². The van der Waals surface area contributed by atoms with Gasteiger partial charge in [-0.05, 0) is 56.2 Å². The van der Waals surface area contributed by atoms with Gasteiger partial charge in [-0.25, -0.2) is 0 Å². The Balaban J connectivity index is 2.08. The summed E-state index contributed by atoms with van der Waals surface area (Å²) >= 11 is 0. The van der Waals surface area contributed by atoms with E-state index in [1.807, 2.05) is 18.7 Å². The van der Waals surface area contributed by atoms with Gasteiger partial charge >= 0.3 is 0 Å². The van der Waals surface area contributed by atoms with Crippen LogP contribution in [0.4, 0.5) is 0 Å². The lowest BCUT2D eigenvalue weighted by Gasteiger charge is -2.20. The molecule has 1 aromatic rings. The molecule has 0 saturated carbocycles. The normalized spacial score (nSPS) is 14.1. The summed E-state index contributed by atoms with van der Waals surface area (Å²) in [5, 5.41) is 0. The van der Waals surface area contributed by atoms with Crippen LogP contribution in [0.1, 0.15) is 43.4 Å². The number of nitrogens with zero attached hydrogens (tertiary/aromatic N) is 1. The Morgan fingerprint density at radius 2 is 1.78 bits per heavy atom. The van der Waals surface area contributed by atoms with Crippen LogP contribution in [0.5, 0.6) is 0 Å². The van der Waals surface area contributed by atoms with Gasteiger partial charge in [-0.2, -0.15) is 0 Å². The molecule has 0 N–H and O–H groups in total. The van der Waals surface area contributed by atoms with Crippen molar-refractivity contribution in [3.8, 4) is 0 Å². The van der Waals surface area contributed by atoms with Gasteiger partial charge in [0.25, 0.3) is 0 Å². The Bertz CT molecular complexity index is 421. The zero-order valence-corrected chi connectivity index (χ0v) is 11.5. The van der Waals surface area contributed by atoms with Crippen molar-refractivity contribution in [1.82, 2.24) is 4.90 Å². The molecule has 0 fully saturated rings. The molecular weight excluding hydrogens is 222 g/mol. The molecule has 0 atom stereocenters. The van der Waals surface area contributed by atoms with Gasteiger partial charge in [0, 0.05) is 13.1 Å². The van der Waals surface area contributed by atoms with Gasteiger partial charge in [0.2, 0.25) is 5.91 Å². The van der Waals surface area contributed by atoms with Gasteiger partial charge < -0.3 is 4.90 Å². The third kappa shape index (κ3) is 2.92. The van der Waals surface area contributed by atoms with Gasteiger partial charge in [0.05, 0.1) is 6.42 Å². The Labute approximate surface area is 110 Å². The van der Waals surface area contributed by atoms with Crippen LogP contribution in [0.25, 0.3) is 0 Å². The summed E-state index contributed by atoms with van der Waals surface area (Å²) in [5.41, 5.74) is 4.12. The molecule has 2 rings (SSSR count). The number of aryl methyl sites for hydroxylation is 2. The van der Waals surface area contributed by atoms with Crippen LogP contribution in [0.3, 0.4) is 0 Å². The van der Waals surface area contributed by atoms with Crippen molar-refractivity contribution in [3.05, 3.63) is 34.9 Å². The smallest absolute Gasteiger partial charge is 0.226 e. The highest BCUT2D eigenvalue weighted by Crippen LogP contribution is 2.22. The van der Waals surface area contributed by atoms with Crippen molar-refractivity contribution in [2.75, 3.05) is 13.1 Å². The van der Waals surface area contributed by atoms with Crippen LogP contribution in [-0.4, -0.2) is 23.9 Å². The summed E-state index contributed by atoms with van der Waals surface area (Å²) < 4.78 is 0. The topological polar surface area (TPSA) is 20.3 Å². The first-order chi connectivity index (χ1) is 8.74. The van der Waals surface area contributed by atoms with Crippen molar-refractivity contribution in [2.24, 2.45) is 0 Å². The van der Waals surface area contributed by atoms with E-state index in [4.69, 9.17) is 0 Å². The molecule has 0 saturated heterocycles. The molecule has 1 aliphatic carbocycles. The average Bonchev–Trinajstić information content (AvgIpc) is 2.40. The first-order valence-corrected chi connectivity index (χ1v) is 7.13. The average molecular weight is 245 g/mol. The van der Waals surface area contributed by atoms with Gasteiger partial charge in [-0.1, -0.05) is 18.2 Å². The summed E-state index contributed by atoms with van der Waals surface area (Å²) in [7, 11) is 0. The van der Waals surface area contributed by atoms with E-state index in [0.717, 1.165) is 13.1 Å². The monoisotopic (exact) mass is 245 g/mol. The fourth-order valence-electron chi connectivity index (χ4n) is 2.76. The molecular formula is C16H23NO. The molecule has 1 amide bonds. The second kappa shape index (κ2) is 6.03. The molecule has 18 heavy (non-hydrogen) atoms. The van der Waals surface area contributed by atoms with E-state index >= 15 is 0 Å². The van der Waals surface area contributed by atoms with E-state index in [0.29, 0.717) is 6.42 Å². The molecule has 0 heterocycles. The largest absolute Gasteiger partial charge is 0.343 e. The van der Waals surface area contributed by atoms with Crippen LogP contribution in [0, 0.1) is 0 Å². The van der Waals surface area contributed by atoms with Crippen molar-refractivity contribution in [3.63, 3.8) is 0 Å². The Morgan fingerprint density at radius 3 is 2.44 bits per heavy atom. The summed E-state index contributed by atoms with van der Waals surface area (Å²) in [6, 6.07) is 6.60. The van der Waals surface area contributed by atoms with Gasteiger partial charge in [-0.3, -0.25) is 4.79 Å². The van der Waals surface area contributed by atoms with E-state index in [2.05, 4.69) is 18.2 Å². The summed E-state index contributed by atoms with van der Waals surface area (Å²) in [6.45, 7) is 5.68. The maximum Gasteiger partial charge on any atom is 0.226 e. The molecule has 0 aromatic heterocycles. The number of amides is 1. The minimum Gasteiger partial charge on any atom is -0.343 e. The predicted molar refractivity (Wildman–Crippen MR) is 74.7 cm³/mol. The Kier molecular flexibility index (Phi) is 4.40. The fraction of sp³-hybridized carbons (Fsp3) is 0.562. The molecule has 0 aliphatic heterocycles. The number of carbonyl (C=O) groups is 1. The molecule has 0 spiro atoms. The van der Waals surface area contributed by atoms with Crippen molar-refractivity contribution in [2.45, 2.75) is 46.0 Å². The minimum absolute atomic E-state index is 0.246. The highest BCUT2D eigenvalue weighted by atomic mass is 16.2. The lowest BCUT2D eigenvalue weighted by atomic mass is 9.90. The fourth-order valence-corrected chi connectivity index (χ4v) is 2.76. The lowest BCUT2D eigenvalue weighted by Crippen LogP contribution is -2.31. The summed E-state index contributed by atoms with van der Waals surface area (Å²) in [5.74, 6) is 0.246. The summed E-state index contributed by atoms with van der Waals surface area (Å²) in [6.07, 6.45) is 5.54. The van der Waals surface area contributed by atoms with Crippen LogP contribution in [0.15, 0.2) is 18.2 Å². The maximum absolute atomic E-state index is 12.1. The zero-order valence-electron chi connectivity index (χ0n) is 11.5. The zero-order chi connectivity index (χ0) is 13.0. The Hall–Kier alpha value is -1.31. The molecule has 0 bridgehead atoms. The van der Waals surface area contributed by atoms with E-state index in [1.165, 1.54) is 42.4 Å². The number of hydrogen-bond donors (Lipinski definition) is 0. The molecule has 2 nitrogen and oxygen atoms in total. The first-order valence-electron chi connectivity index (χ1n) is 7.13. The molecule has 2 heteroatoms. The number of fused-ring (bicyclic) bond motifs is 1. The van der Waals surface area contributed by atoms with Gasteiger partial charge in [0.15, 0.2) is 0 Å². The standard InChI is InChI=1S/C16H23NO/c1-3-17(4-2)16(18)12-13-9-10-14-7-5-6-8-15(14)11-13/h9-11H,3-8,12H2,1-2H3. The van der Waals surface area contributed by atoms with Crippen LogP contribution in [-0.2, 0) is 24.1 Å². The predicted octanol–water partition coefficient (Wildman–Crippen LogP) is 2.98. The SMILES string of the molecule is CCN(CC)C(=O)Cc1ccc2c(c1)CCCC2. The van der Waals surface area contributed by atoms with Crippen LogP contribution < -0.4 is 0 Å². The van der Waals surface area contributed by atoms with E-state index < -0.39 is 0 Å². The van der Waals surface area contributed by atoms with E-state index in [-0.39, 0.29) is 5.91 Å². The third-order valence-corrected chi connectivity index (χ3v) is 3.88. The lowest BCUT2D eigenvalue weighted by molar-refractivity contribution is -0.130. The van der Waals surface area contributed by atoms with Gasteiger partial charge in [0.1, 0.15) is 0 Å². The first kappa shape index (κ1) is 13.1. The van der Waals surface area contributed by atoms with Crippen molar-refractivity contribution < 1.29 is 4.79 Å².